The summed E-state index contributed by atoms with van der Waals surface area (Å²) in [5.41, 5.74) is 0. The molecule has 0 amide bonds. The average Bonchev–Trinajstić information content (AvgIpc) is 2.67. The number of carbonyl (C=O) groups is 1. The monoisotopic (exact) mass is 220 g/mol. The summed E-state index contributed by atoms with van der Waals surface area (Å²) in [5.74, 6) is -0.675. The summed E-state index contributed by atoms with van der Waals surface area (Å²) in [6.07, 6.45) is -5.02. The Balaban J connectivity index is 2.03. The van der Waals surface area contributed by atoms with Gasteiger partial charge in [0.15, 0.2) is 6.29 Å². The summed E-state index contributed by atoms with van der Waals surface area (Å²) in [6.45, 7) is 0.0659. The van der Waals surface area contributed by atoms with Crippen LogP contribution in [0.15, 0.2) is 0 Å². The fraction of sp³-hybridized carbons (Fsp3) is 0.875. The smallest absolute Gasteiger partial charge is 0.363 e. The van der Waals surface area contributed by atoms with Gasteiger partial charge in [0.05, 0.1) is 13.7 Å². The molecule has 0 radical (unpaired) electrons. The molecule has 0 saturated carbocycles. The first-order chi connectivity index (χ1) is 7.13. The van der Waals surface area contributed by atoms with Gasteiger partial charge in [-0.15, -0.1) is 0 Å². The number of ether oxygens (including phenoxy) is 4. The molecule has 5 unspecified atom stereocenters. The third-order valence-electron chi connectivity index (χ3n) is 2.40. The molecule has 0 spiro atoms. The number of hydrogen-bond donors (Lipinski definition) is 2. The molecule has 15 heavy (non-hydrogen) atoms. The van der Waals surface area contributed by atoms with Gasteiger partial charge in [-0.2, -0.15) is 0 Å². The predicted octanol–water partition coefficient (Wildman–Crippen LogP) is -2.02. The highest BCUT2D eigenvalue weighted by Crippen LogP contribution is 2.28. The van der Waals surface area contributed by atoms with E-state index in [0.717, 1.165) is 0 Å². The highest BCUT2D eigenvalue weighted by atomic mass is 16.8. The van der Waals surface area contributed by atoms with E-state index in [-0.39, 0.29) is 6.61 Å². The van der Waals surface area contributed by atoms with Gasteiger partial charge in [-0.1, -0.05) is 0 Å². The van der Waals surface area contributed by atoms with Gasteiger partial charge in [0.25, 0.3) is 6.29 Å². The van der Waals surface area contributed by atoms with E-state index < -0.39 is 36.9 Å². The standard InChI is InChI=1S/C8H12O7/c1-12-7(11)8-14-3-2-13-6(10)4(9)5(3)15-8/h3-6,8-10H,2H2,1H3. The van der Waals surface area contributed by atoms with E-state index in [4.69, 9.17) is 14.2 Å². The molecule has 2 fully saturated rings. The fourth-order valence-corrected chi connectivity index (χ4v) is 1.59. The van der Waals surface area contributed by atoms with Crippen LogP contribution in [-0.2, 0) is 23.7 Å². The lowest BCUT2D eigenvalue weighted by molar-refractivity contribution is -0.229. The highest BCUT2D eigenvalue weighted by molar-refractivity contribution is 5.73. The summed E-state index contributed by atoms with van der Waals surface area (Å²) < 4.78 is 19.5. The second kappa shape index (κ2) is 4.03. The summed E-state index contributed by atoms with van der Waals surface area (Å²) in [4.78, 5) is 11.1. The van der Waals surface area contributed by atoms with E-state index in [0.29, 0.717) is 0 Å². The Morgan fingerprint density at radius 1 is 1.40 bits per heavy atom. The van der Waals surface area contributed by atoms with E-state index >= 15 is 0 Å². The summed E-state index contributed by atoms with van der Waals surface area (Å²) >= 11 is 0. The number of aliphatic hydroxyl groups excluding tert-OH is 2. The van der Waals surface area contributed by atoms with E-state index in [1.807, 2.05) is 0 Å². The van der Waals surface area contributed by atoms with Crippen LogP contribution < -0.4 is 0 Å². The molecule has 0 aromatic rings. The van der Waals surface area contributed by atoms with Crippen molar-refractivity contribution < 1.29 is 34.0 Å². The van der Waals surface area contributed by atoms with Crippen molar-refractivity contribution in [2.45, 2.75) is 30.9 Å². The highest BCUT2D eigenvalue weighted by Gasteiger charge is 2.49. The molecular formula is C8H12O7. The minimum atomic E-state index is -1.31. The quantitative estimate of drug-likeness (QED) is 0.492. The van der Waals surface area contributed by atoms with Crippen molar-refractivity contribution in [2.24, 2.45) is 0 Å². The van der Waals surface area contributed by atoms with Crippen LogP contribution in [-0.4, -0.2) is 60.8 Å². The molecule has 0 aromatic heterocycles. The summed E-state index contributed by atoms with van der Waals surface area (Å²) in [6, 6.07) is 0. The van der Waals surface area contributed by atoms with Crippen molar-refractivity contribution in [2.75, 3.05) is 13.7 Å². The molecule has 2 heterocycles. The van der Waals surface area contributed by atoms with Crippen molar-refractivity contribution in [3.63, 3.8) is 0 Å². The third-order valence-corrected chi connectivity index (χ3v) is 2.40. The molecule has 2 rings (SSSR count). The molecule has 2 saturated heterocycles. The first-order valence-electron chi connectivity index (χ1n) is 4.50. The van der Waals surface area contributed by atoms with Crippen LogP contribution in [0.25, 0.3) is 0 Å². The first-order valence-corrected chi connectivity index (χ1v) is 4.50. The fourth-order valence-electron chi connectivity index (χ4n) is 1.59. The zero-order chi connectivity index (χ0) is 11.0. The van der Waals surface area contributed by atoms with Crippen LogP contribution in [0.4, 0.5) is 0 Å². The normalized spacial score (nSPS) is 44.9. The van der Waals surface area contributed by atoms with Crippen LogP contribution >= 0.6 is 0 Å². The maximum absolute atomic E-state index is 11.1. The summed E-state index contributed by atoms with van der Waals surface area (Å²) in [7, 11) is 1.21. The predicted molar refractivity (Wildman–Crippen MR) is 43.5 cm³/mol. The number of esters is 1. The van der Waals surface area contributed by atoms with Gasteiger partial charge in [0.1, 0.15) is 18.3 Å². The largest absolute Gasteiger partial charge is 0.465 e. The van der Waals surface area contributed by atoms with Crippen LogP contribution in [0.3, 0.4) is 0 Å². The number of rotatable bonds is 1. The zero-order valence-corrected chi connectivity index (χ0v) is 8.03. The molecule has 2 aliphatic heterocycles. The number of methoxy groups -OCH3 is 1. The lowest BCUT2D eigenvalue weighted by atomic mass is 10.1. The van der Waals surface area contributed by atoms with E-state index in [9.17, 15) is 15.0 Å². The number of aliphatic hydroxyl groups is 2. The van der Waals surface area contributed by atoms with Crippen LogP contribution in [0.1, 0.15) is 0 Å². The van der Waals surface area contributed by atoms with Gasteiger partial charge in [-0.25, -0.2) is 4.79 Å². The minimum absolute atomic E-state index is 0.0659. The second-order valence-electron chi connectivity index (χ2n) is 3.34. The third kappa shape index (κ3) is 1.84. The first kappa shape index (κ1) is 10.8. The van der Waals surface area contributed by atoms with Crippen molar-refractivity contribution in [3.05, 3.63) is 0 Å². The molecule has 2 aliphatic rings. The van der Waals surface area contributed by atoms with Crippen LogP contribution in [0.5, 0.6) is 0 Å². The topological polar surface area (TPSA) is 94.5 Å². The van der Waals surface area contributed by atoms with Gasteiger partial charge < -0.3 is 29.2 Å². The zero-order valence-electron chi connectivity index (χ0n) is 8.03. The number of carbonyl (C=O) groups excluding carboxylic acids is 1. The molecule has 86 valence electrons. The molecule has 0 aliphatic carbocycles. The van der Waals surface area contributed by atoms with E-state index in [1.165, 1.54) is 7.11 Å². The SMILES string of the molecule is COC(=O)C1OC2COC(O)C(O)C2O1. The molecule has 2 N–H and O–H groups in total. The Kier molecular flexibility index (Phi) is 2.89. The maximum Gasteiger partial charge on any atom is 0.363 e. The van der Waals surface area contributed by atoms with E-state index in [2.05, 4.69) is 4.74 Å². The van der Waals surface area contributed by atoms with Crippen LogP contribution in [0.2, 0.25) is 0 Å². The lowest BCUT2D eigenvalue weighted by Crippen LogP contribution is -2.51. The number of fused-ring (bicyclic) bond motifs is 1. The maximum atomic E-state index is 11.1. The van der Waals surface area contributed by atoms with Gasteiger partial charge >= 0.3 is 5.97 Å². The molecule has 7 heteroatoms. The Bertz CT molecular complexity index is 255. The van der Waals surface area contributed by atoms with Gasteiger partial charge in [-0.3, -0.25) is 0 Å². The van der Waals surface area contributed by atoms with Gasteiger partial charge in [-0.05, 0) is 0 Å². The number of hydrogen-bond acceptors (Lipinski definition) is 7. The lowest BCUT2D eigenvalue weighted by Gasteiger charge is -2.31. The van der Waals surface area contributed by atoms with Crippen molar-refractivity contribution in [3.8, 4) is 0 Å². The molecule has 0 aromatic carbocycles. The van der Waals surface area contributed by atoms with E-state index in [1.54, 1.807) is 0 Å². The van der Waals surface area contributed by atoms with Crippen molar-refractivity contribution >= 4 is 5.97 Å². The Labute approximate surface area is 85.5 Å². The van der Waals surface area contributed by atoms with Crippen molar-refractivity contribution in [1.82, 2.24) is 0 Å². The average molecular weight is 220 g/mol. The van der Waals surface area contributed by atoms with Crippen LogP contribution in [0, 0.1) is 0 Å². The van der Waals surface area contributed by atoms with Crippen molar-refractivity contribution in [1.29, 1.82) is 0 Å². The minimum Gasteiger partial charge on any atom is -0.465 e. The van der Waals surface area contributed by atoms with Gasteiger partial charge in [0.2, 0.25) is 0 Å². The summed E-state index contributed by atoms with van der Waals surface area (Å²) in [5, 5.41) is 18.7. The molecule has 7 nitrogen and oxygen atoms in total. The molecular weight excluding hydrogens is 208 g/mol. The molecule has 5 atom stereocenters. The Morgan fingerprint density at radius 2 is 2.13 bits per heavy atom. The Morgan fingerprint density at radius 3 is 2.80 bits per heavy atom. The second-order valence-corrected chi connectivity index (χ2v) is 3.34. The van der Waals surface area contributed by atoms with Gasteiger partial charge in [0, 0.05) is 0 Å². The Hall–Kier alpha value is -0.730. The molecule has 0 bridgehead atoms.